The van der Waals surface area contributed by atoms with Crippen LogP contribution in [0.2, 0.25) is 0 Å². The van der Waals surface area contributed by atoms with Gasteiger partial charge >= 0.3 is 7.60 Å². The van der Waals surface area contributed by atoms with Gasteiger partial charge in [-0.05, 0) is 5.56 Å². The molecule has 1 aromatic rings. The normalized spacial score (nSPS) is 11.6. The highest BCUT2D eigenvalue weighted by atomic mass is 31.2. The van der Waals surface area contributed by atoms with Gasteiger partial charge < -0.3 is 14.9 Å². The van der Waals surface area contributed by atoms with Crippen molar-refractivity contribution >= 4 is 34.2 Å². The van der Waals surface area contributed by atoms with Gasteiger partial charge in [0.05, 0.1) is 6.16 Å². The highest BCUT2D eigenvalue weighted by molar-refractivity contribution is 7.50. The molecule has 0 spiro atoms. The van der Waals surface area contributed by atoms with Gasteiger partial charge in [-0.3, -0.25) is 4.57 Å². The molecule has 0 aromatic heterocycles. The van der Waals surface area contributed by atoms with E-state index in [1.165, 1.54) is 12.1 Å². The van der Waals surface area contributed by atoms with Gasteiger partial charge in [0.2, 0.25) is 0 Å². The molecule has 0 heterocycles. The predicted octanol–water partition coefficient (Wildman–Crippen LogP) is -1.34. The van der Waals surface area contributed by atoms with Crippen LogP contribution in [0.3, 0.4) is 0 Å². The molecule has 7 heteroatoms. The minimum absolute atomic E-state index is 0.00782. The van der Waals surface area contributed by atoms with E-state index in [9.17, 15) is 9.67 Å². The summed E-state index contributed by atoms with van der Waals surface area (Å²) in [5, 5.41) is 9.19. The summed E-state index contributed by atoms with van der Waals surface area (Å²) >= 11 is 0. The smallest absolute Gasteiger partial charge is 0.329 e. The van der Waals surface area contributed by atoms with E-state index < -0.39 is 13.8 Å². The Hall–Kier alpha value is -0.700. The summed E-state index contributed by atoms with van der Waals surface area (Å²) in [6, 6.07) is 2.57. The molecular formula is C7H7B2O4P. The van der Waals surface area contributed by atoms with E-state index in [0.29, 0.717) is 5.56 Å². The van der Waals surface area contributed by atoms with E-state index in [1.54, 1.807) is 0 Å². The molecule has 1 rings (SSSR count). The van der Waals surface area contributed by atoms with Crippen LogP contribution in [0.15, 0.2) is 12.1 Å². The fraction of sp³-hybridized carbons (Fsp3) is 0.143. The molecule has 70 valence electrons. The topological polar surface area (TPSA) is 77.8 Å². The van der Waals surface area contributed by atoms with Crippen molar-refractivity contribution in [2.24, 2.45) is 0 Å². The molecule has 0 amide bonds. The third kappa shape index (κ3) is 2.91. The molecule has 4 radical (unpaired) electrons. The summed E-state index contributed by atoms with van der Waals surface area (Å²) in [6.07, 6.45) is -0.443. The lowest BCUT2D eigenvalue weighted by molar-refractivity contribution is 0.371. The van der Waals surface area contributed by atoms with E-state index >= 15 is 0 Å². The Morgan fingerprint density at radius 3 is 2.00 bits per heavy atom. The van der Waals surface area contributed by atoms with Crippen LogP contribution in [-0.2, 0) is 10.7 Å². The zero-order valence-corrected chi connectivity index (χ0v) is 8.11. The molecule has 0 saturated heterocycles. The second-order valence-electron chi connectivity index (χ2n) is 2.95. The molecule has 0 aliphatic heterocycles. The first-order valence-corrected chi connectivity index (χ1v) is 5.51. The van der Waals surface area contributed by atoms with Gasteiger partial charge in [-0.15, -0.1) is 0 Å². The summed E-state index contributed by atoms with van der Waals surface area (Å²) < 4.78 is 10.7. The van der Waals surface area contributed by atoms with Crippen LogP contribution in [0.5, 0.6) is 5.75 Å². The van der Waals surface area contributed by atoms with Gasteiger partial charge in [0.15, 0.2) is 0 Å². The Kier molecular flexibility index (Phi) is 3.10. The lowest BCUT2D eigenvalue weighted by Crippen LogP contribution is -2.16. The van der Waals surface area contributed by atoms with Crippen molar-refractivity contribution in [2.45, 2.75) is 6.16 Å². The maximum absolute atomic E-state index is 10.7. The Balaban J connectivity index is 3.08. The molecule has 0 saturated carbocycles. The molecule has 0 fully saturated rings. The monoisotopic (exact) mass is 208 g/mol. The number of phenols is 1. The minimum Gasteiger partial charge on any atom is -0.509 e. The minimum atomic E-state index is -4.14. The quantitative estimate of drug-likeness (QED) is 0.414. The zero-order valence-electron chi connectivity index (χ0n) is 7.21. The lowest BCUT2D eigenvalue weighted by atomic mass is 9.84. The van der Waals surface area contributed by atoms with Crippen LogP contribution < -0.4 is 10.9 Å². The summed E-state index contributed by atoms with van der Waals surface area (Å²) in [5.41, 5.74) is 0.313. The number of benzene rings is 1. The van der Waals surface area contributed by atoms with Gasteiger partial charge in [-0.1, -0.05) is 23.1 Å². The van der Waals surface area contributed by atoms with Gasteiger partial charge in [-0.2, -0.15) is 0 Å². The molecule has 1 aromatic carbocycles. The third-order valence-corrected chi connectivity index (χ3v) is 2.39. The summed E-state index contributed by atoms with van der Waals surface area (Å²) in [6.45, 7) is 0. The first-order valence-electron chi connectivity index (χ1n) is 3.71. The van der Waals surface area contributed by atoms with E-state index in [-0.39, 0.29) is 16.7 Å². The highest BCUT2D eigenvalue weighted by Crippen LogP contribution is 2.38. The highest BCUT2D eigenvalue weighted by Gasteiger charge is 2.15. The van der Waals surface area contributed by atoms with Crippen molar-refractivity contribution in [1.29, 1.82) is 0 Å². The molecule has 0 aliphatic carbocycles. The van der Waals surface area contributed by atoms with Crippen LogP contribution in [0.1, 0.15) is 5.56 Å². The average Bonchev–Trinajstić information content (AvgIpc) is 1.96. The predicted molar refractivity (Wildman–Crippen MR) is 54.6 cm³/mol. The molecule has 0 bridgehead atoms. The second-order valence-corrected chi connectivity index (χ2v) is 4.59. The van der Waals surface area contributed by atoms with Crippen LogP contribution in [0.25, 0.3) is 0 Å². The Morgan fingerprint density at radius 2 is 1.64 bits per heavy atom. The third-order valence-electron chi connectivity index (χ3n) is 1.62. The van der Waals surface area contributed by atoms with Crippen LogP contribution in [0.4, 0.5) is 0 Å². The number of aromatic hydroxyl groups is 1. The molecule has 14 heavy (non-hydrogen) atoms. The van der Waals surface area contributed by atoms with Crippen molar-refractivity contribution in [1.82, 2.24) is 0 Å². The van der Waals surface area contributed by atoms with E-state index in [1.807, 2.05) is 0 Å². The average molecular weight is 208 g/mol. The standard InChI is InChI=1S/C7H7B2O4P/c8-5-1-4(3-14(11,12)13)2-6(9)7(5)10/h1-2,10H,3H2,(H2,11,12,13). The number of hydrogen-bond donors (Lipinski definition) is 3. The zero-order chi connectivity index (χ0) is 10.9. The maximum atomic E-state index is 10.7. The molecule has 3 N–H and O–H groups in total. The van der Waals surface area contributed by atoms with Gasteiger partial charge in [0.1, 0.15) is 21.4 Å². The Morgan fingerprint density at radius 1 is 1.21 bits per heavy atom. The van der Waals surface area contributed by atoms with Gasteiger partial charge in [-0.25, -0.2) is 0 Å². The van der Waals surface area contributed by atoms with Crippen LogP contribution in [0, 0.1) is 0 Å². The van der Waals surface area contributed by atoms with Crippen molar-refractivity contribution in [2.75, 3.05) is 0 Å². The van der Waals surface area contributed by atoms with Crippen molar-refractivity contribution in [3.63, 3.8) is 0 Å². The van der Waals surface area contributed by atoms with Crippen molar-refractivity contribution < 1.29 is 19.5 Å². The molecule has 4 nitrogen and oxygen atoms in total. The number of rotatable bonds is 2. The van der Waals surface area contributed by atoms with E-state index in [2.05, 4.69) is 0 Å². The Bertz CT molecular complexity index is 378. The van der Waals surface area contributed by atoms with E-state index in [0.717, 1.165) is 0 Å². The second kappa shape index (κ2) is 3.81. The lowest BCUT2D eigenvalue weighted by Gasteiger charge is -2.09. The molecule has 0 unspecified atom stereocenters. The Labute approximate surface area is 83.9 Å². The summed E-state index contributed by atoms with van der Waals surface area (Å²) in [5.74, 6) is -0.264. The van der Waals surface area contributed by atoms with E-state index in [4.69, 9.17) is 25.5 Å². The SMILES string of the molecule is [B]c1cc(CP(=O)(O)O)cc([B])c1O. The maximum Gasteiger partial charge on any atom is 0.329 e. The molecule has 0 atom stereocenters. The first kappa shape index (κ1) is 11.4. The van der Waals surface area contributed by atoms with Crippen molar-refractivity contribution in [3.05, 3.63) is 17.7 Å². The fourth-order valence-electron chi connectivity index (χ4n) is 1.07. The number of phenolic OH excluding ortho intramolecular Hbond substituents is 1. The summed E-state index contributed by atoms with van der Waals surface area (Å²) in [4.78, 5) is 17.4. The van der Waals surface area contributed by atoms with Crippen molar-refractivity contribution in [3.8, 4) is 5.75 Å². The van der Waals surface area contributed by atoms with Gasteiger partial charge in [0.25, 0.3) is 0 Å². The summed E-state index contributed by atoms with van der Waals surface area (Å²) in [7, 11) is 6.58. The largest absolute Gasteiger partial charge is 0.509 e. The van der Waals surface area contributed by atoms with Crippen LogP contribution >= 0.6 is 7.60 Å². The fourth-order valence-corrected chi connectivity index (χ4v) is 1.73. The van der Waals surface area contributed by atoms with Gasteiger partial charge in [0, 0.05) is 0 Å². The first-order chi connectivity index (χ1) is 6.29. The molecule has 0 aliphatic rings. The number of hydrogen-bond acceptors (Lipinski definition) is 2. The molecular weight excluding hydrogens is 201 g/mol. The van der Waals surface area contributed by atoms with Crippen LogP contribution in [-0.4, -0.2) is 30.6 Å².